The summed E-state index contributed by atoms with van der Waals surface area (Å²) in [5.74, 6) is 0.656. The highest BCUT2D eigenvalue weighted by Gasteiger charge is 2.32. The fourth-order valence-corrected chi connectivity index (χ4v) is 2.94. The standard InChI is InChI=1S/C15H22BrN3O2/c1-10-9-19(14(20)21-15(2,3)4)6-5-11(10)12-7-17-8-13(16)18-12/h7-8,10-11H,5-6,9H2,1-4H3. The molecule has 0 bridgehead atoms. The lowest BCUT2D eigenvalue weighted by molar-refractivity contribution is 0.0153. The second kappa shape index (κ2) is 6.30. The molecule has 2 heterocycles. The summed E-state index contributed by atoms with van der Waals surface area (Å²) in [7, 11) is 0. The van der Waals surface area contributed by atoms with Crippen molar-refractivity contribution in [3.63, 3.8) is 0 Å². The molecule has 1 aromatic rings. The van der Waals surface area contributed by atoms with E-state index in [4.69, 9.17) is 4.74 Å². The maximum Gasteiger partial charge on any atom is 0.410 e. The summed E-state index contributed by atoms with van der Waals surface area (Å²) in [6, 6.07) is 0. The van der Waals surface area contributed by atoms with Crippen LogP contribution >= 0.6 is 15.9 Å². The summed E-state index contributed by atoms with van der Waals surface area (Å²) in [6.07, 6.45) is 4.15. The van der Waals surface area contributed by atoms with E-state index in [0.717, 1.165) is 16.7 Å². The molecule has 21 heavy (non-hydrogen) atoms. The normalized spacial score (nSPS) is 23.0. The number of hydrogen-bond acceptors (Lipinski definition) is 4. The van der Waals surface area contributed by atoms with Crippen molar-refractivity contribution < 1.29 is 9.53 Å². The van der Waals surface area contributed by atoms with E-state index < -0.39 is 5.60 Å². The highest BCUT2D eigenvalue weighted by molar-refractivity contribution is 9.10. The molecule has 2 rings (SSSR count). The molecule has 2 atom stereocenters. The van der Waals surface area contributed by atoms with Crippen molar-refractivity contribution in [2.75, 3.05) is 13.1 Å². The van der Waals surface area contributed by atoms with Gasteiger partial charge in [0, 0.05) is 25.2 Å². The van der Waals surface area contributed by atoms with E-state index in [2.05, 4.69) is 32.8 Å². The van der Waals surface area contributed by atoms with E-state index in [0.29, 0.717) is 24.9 Å². The zero-order chi connectivity index (χ0) is 15.6. The van der Waals surface area contributed by atoms with Crippen molar-refractivity contribution in [1.82, 2.24) is 14.9 Å². The van der Waals surface area contributed by atoms with Crippen LogP contribution in [0.15, 0.2) is 17.0 Å². The fourth-order valence-electron chi connectivity index (χ4n) is 2.61. The van der Waals surface area contributed by atoms with Crippen LogP contribution in [0, 0.1) is 5.92 Å². The van der Waals surface area contributed by atoms with Crippen LogP contribution in [-0.2, 0) is 4.74 Å². The lowest BCUT2D eigenvalue weighted by Crippen LogP contribution is -2.44. The minimum Gasteiger partial charge on any atom is -0.444 e. The van der Waals surface area contributed by atoms with Gasteiger partial charge < -0.3 is 9.64 Å². The highest BCUT2D eigenvalue weighted by atomic mass is 79.9. The number of carbonyl (C=O) groups is 1. The lowest BCUT2D eigenvalue weighted by atomic mass is 9.85. The second-order valence-electron chi connectivity index (χ2n) is 6.57. The van der Waals surface area contributed by atoms with Gasteiger partial charge in [0.1, 0.15) is 10.2 Å². The zero-order valence-electron chi connectivity index (χ0n) is 13.0. The molecule has 1 saturated heterocycles. The Balaban J connectivity index is 2.01. The van der Waals surface area contributed by atoms with Crippen molar-refractivity contribution in [1.29, 1.82) is 0 Å². The Morgan fingerprint density at radius 2 is 2.14 bits per heavy atom. The number of aromatic nitrogens is 2. The molecule has 1 aliphatic rings. The smallest absolute Gasteiger partial charge is 0.410 e. The molecule has 0 radical (unpaired) electrons. The van der Waals surface area contributed by atoms with Gasteiger partial charge in [-0.2, -0.15) is 0 Å². The molecule has 0 aromatic carbocycles. The van der Waals surface area contributed by atoms with E-state index >= 15 is 0 Å². The number of nitrogens with zero attached hydrogens (tertiary/aromatic N) is 3. The van der Waals surface area contributed by atoms with Crippen LogP contribution in [0.5, 0.6) is 0 Å². The minimum absolute atomic E-state index is 0.229. The average Bonchev–Trinajstić information content (AvgIpc) is 2.36. The summed E-state index contributed by atoms with van der Waals surface area (Å²) in [5, 5.41) is 0. The van der Waals surface area contributed by atoms with Gasteiger partial charge in [-0.05, 0) is 49.0 Å². The van der Waals surface area contributed by atoms with Gasteiger partial charge >= 0.3 is 6.09 Å². The van der Waals surface area contributed by atoms with Gasteiger partial charge in [0.15, 0.2) is 0 Å². The number of hydrogen-bond donors (Lipinski definition) is 0. The molecule has 0 saturated carbocycles. The van der Waals surface area contributed by atoms with Crippen LogP contribution in [0.25, 0.3) is 0 Å². The molecular formula is C15H22BrN3O2. The van der Waals surface area contributed by atoms with E-state index in [1.807, 2.05) is 27.0 Å². The Bertz CT molecular complexity index is 516. The van der Waals surface area contributed by atoms with E-state index in [1.54, 1.807) is 11.1 Å². The van der Waals surface area contributed by atoms with Crippen molar-refractivity contribution >= 4 is 22.0 Å². The first-order chi connectivity index (χ1) is 9.76. The topological polar surface area (TPSA) is 55.3 Å². The van der Waals surface area contributed by atoms with Crippen LogP contribution in [0.3, 0.4) is 0 Å². The molecule has 6 heteroatoms. The summed E-state index contributed by atoms with van der Waals surface area (Å²) in [4.78, 5) is 22.6. The number of amides is 1. The fraction of sp³-hybridized carbons (Fsp3) is 0.667. The Morgan fingerprint density at radius 3 is 2.71 bits per heavy atom. The summed E-state index contributed by atoms with van der Waals surface area (Å²) in [5.41, 5.74) is 0.535. The third-order valence-corrected chi connectivity index (χ3v) is 3.94. The lowest BCUT2D eigenvalue weighted by Gasteiger charge is -2.37. The van der Waals surface area contributed by atoms with E-state index in [-0.39, 0.29) is 6.09 Å². The van der Waals surface area contributed by atoms with Gasteiger partial charge in [-0.1, -0.05) is 6.92 Å². The molecule has 1 fully saturated rings. The van der Waals surface area contributed by atoms with Crippen LogP contribution in [0.1, 0.15) is 45.7 Å². The molecule has 1 aromatic heterocycles. The van der Waals surface area contributed by atoms with Gasteiger partial charge in [-0.15, -0.1) is 0 Å². The van der Waals surface area contributed by atoms with Crippen LogP contribution in [-0.4, -0.2) is 39.7 Å². The third kappa shape index (κ3) is 4.40. The van der Waals surface area contributed by atoms with Crippen molar-refractivity contribution in [2.24, 2.45) is 5.92 Å². The van der Waals surface area contributed by atoms with Gasteiger partial charge in [0.25, 0.3) is 0 Å². The summed E-state index contributed by atoms with van der Waals surface area (Å²) in [6.45, 7) is 9.18. The van der Waals surface area contributed by atoms with Crippen LogP contribution in [0.4, 0.5) is 4.79 Å². The van der Waals surface area contributed by atoms with Crippen LogP contribution in [0.2, 0.25) is 0 Å². The maximum absolute atomic E-state index is 12.1. The van der Waals surface area contributed by atoms with Crippen molar-refractivity contribution in [3.05, 3.63) is 22.7 Å². The first-order valence-electron chi connectivity index (χ1n) is 7.21. The molecule has 1 amide bonds. The second-order valence-corrected chi connectivity index (χ2v) is 7.38. The number of likely N-dealkylation sites (tertiary alicyclic amines) is 1. The number of carbonyl (C=O) groups excluding carboxylic acids is 1. The number of halogens is 1. The van der Waals surface area contributed by atoms with Crippen molar-refractivity contribution in [3.8, 4) is 0 Å². The maximum atomic E-state index is 12.1. The highest BCUT2D eigenvalue weighted by Crippen LogP contribution is 2.32. The molecule has 0 aliphatic carbocycles. The van der Waals surface area contributed by atoms with E-state index in [9.17, 15) is 4.79 Å². The Labute approximate surface area is 134 Å². The number of rotatable bonds is 1. The Morgan fingerprint density at radius 1 is 1.43 bits per heavy atom. The molecule has 2 unspecified atom stereocenters. The largest absolute Gasteiger partial charge is 0.444 e. The van der Waals surface area contributed by atoms with E-state index in [1.165, 1.54) is 0 Å². The summed E-state index contributed by atoms with van der Waals surface area (Å²) >= 11 is 3.36. The van der Waals surface area contributed by atoms with Gasteiger partial charge in [-0.3, -0.25) is 4.98 Å². The number of piperidine rings is 1. The van der Waals surface area contributed by atoms with Crippen LogP contribution < -0.4 is 0 Å². The third-order valence-electron chi connectivity index (χ3n) is 3.56. The monoisotopic (exact) mass is 355 g/mol. The molecular weight excluding hydrogens is 334 g/mol. The predicted octanol–water partition coefficient (Wildman–Crippen LogP) is 3.60. The van der Waals surface area contributed by atoms with Crippen molar-refractivity contribution in [2.45, 2.75) is 45.6 Å². The predicted molar refractivity (Wildman–Crippen MR) is 84.1 cm³/mol. The summed E-state index contributed by atoms with van der Waals surface area (Å²) < 4.78 is 6.19. The molecule has 0 spiro atoms. The average molecular weight is 356 g/mol. The SMILES string of the molecule is CC1CN(C(=O)OC(C)(C)C)CCC1c1cncc(Br)n1. The van der Waals surface area contributed by atoms with Gasteiger partial charge in [-0.25, -0.2) is 9.78 Å². The molecule has 1 aliphatic heterocycles. The number of ether oxygens (including phenoxy) is 1. The minimum atomic E-state index is -0.451. The first kappa shape index (κ1) is 16.2. The van der Waals surface area contributed by atoms with Gasteiger partial charge in [0.2, 0.25) is 0 Å². The molecule has 5 nitrogen and oxygen atoms in total. The Hall–Kier alpha value is -1.17. The Kier molecular flexibility index (Phi) is 4.86. The molecule has 0 N–H and O–H groups in total. The quantitative estimate of drug-likeness (QED) is 0.772. The van der Waals surface area contributed by atoms with Gasteiger partial charge in [0.05, 0.1) is 11.9 Å². The first-order valence-corrected chi connectivity index (χ1v) is 8.01. The zero-order valence-corrected chi connectivity index (χ0v) is 14.6. The molecule has 116 valence electrons.